The first-order chi connectivity index (χ1) is 8.99. The molecule has 0 N–H and O–H groups in total. The van der Waals surface area contributed by atoms with Gasteiger partial charge >= 0.3 is 0 Å². The van der Waals surface area contributed by atoms with E-state index in [-0.39, 0.29) is 11.5 Å². The quantitative estimate of drug-likeness (QED) is 0.849. The van der Waals surface area contributed by atoms with Crippen molar-refractivity contribution in [3.63, 3.8) is 0 Å². The normalized spacial score (nSPS) is 10.5. The lowest BCUT2D eigenvalue weighted by Crippen LogP contribution is -2.28. The molecule has 2 rings (SSSR count). The topological polar surface area (TPSA) is 38.1 Å². The van der Waals surface area contributed by atoms with E-state index in [4.69, 9.17) is 0 Å². The van der Waals surface area contributed by atoms with Crippen LogP contribution in [0.5, 0.6) is 0 Å². The van der Waals surface area contributed by atoms with Gasteiger partial charge in [0.1, 0.15) is 11.6 Å². The molecule has 0 saturated heterocycles. The number of carbonyl (C=O) groups is 1. The SMILES string of the molecule is Cc1ccc(C(=O)N(C)Cc2nccn2C)c(F)c1. The third kappa shape index (κ3) is 2.81. The minimum absolute atomic E-state index is 0.0855. The predicted molar refractivity (Wildman–Crippen MR) is 70.1 cm³/mol. The third-order valence-electron chi connectivity index (χ3n) is 3.00. The Bertz CT molecular complexity index is 606. The fraction of sp³-hybridized carbons (Fsp3) is 0.286. The van der Waals surface area contributed by atoms with Crippen LogP contribution in [0.4, 0.5) is 4.39 Å². The molecule has 0 aliphatic rings. The summed E-state index contributed by atoms with van der Waals surface area (Å²) in [5.41, 5.74) is 0.878. The number of carbonyl (C=O) groups excluding carboxylic acids is 1. The Morgan fingerprint density at radius 2 is 2.21 bits per heavy atom. The molecule has 0 aliphatic heterocycles. The summed E-state index contributed by atoms with van der Waals surface area (Å²) in [6.45, 7) is 2.13. The van der Waals surface area contributed by atoms with E-state index >= 15 is 0 Å². The Morgan fingerprint density at radius 1 is 1.47 bits per heavy atom. The molecule has 100 valence electrons. The molecule has 0 fully saturated rings. The summed E-state index contributed by atoms with van der Waals surface area (Å²) in [6, 6.07) is 4.61. The summed E-state index contributed by atoms with van der Waals surface area (Å²) >= 11 is 0. The van der Waals surface area contributed by atoms with Gasteiger partial charge in [0.15, 0.2) is 0 Å². The van der Waals surface area contributed by atoms with Crippen LogP contribution in [0.25, 0.3) is 0 Å². The van der Waals surface area contributed by atoms with Crippen molar-refractivity contribution in [3.8, 4) is 0 Å². The van der Waals surface area contributed by atoms with Gasteiger partial charge in [0, 0.05) is 26.5 Å². The van der Waals surface area contributed by atoms with E-state index < -0.39 is 5.82 Å². The molecule has 1 heterocycles. The Morgan fingerprint density at radius 3 is 2.79 bits per heavy atom. The van der Waals surface area contributed by atoms with E-state index in [1.54, 1.807) is 32.4 Å². The molecule has 4 nitrogen and oxygen atoms in total. The fourth-order valence-corrected chi connectivity index (χ4v) is 1.83. The van der Waals surface area contributed by atoms with Gasteiger partial charge in [-0.3, -0.25) is 4.79 Å². The summed E-state index contributed by atoms with van der Waals surface area (Å²) < 4.78 is 15.6. The second-order valence-corrected chi connectivity index (χ2v) is 4.60. The minimum atomic E-state index is -0.489. The number of hydrogen-bond donors (Lipinski definition) is 0. The standard InChI is InChI=1S/C14H16FN3O/c1-10-4-5-11(12(15)8-10)14(19)18(3)9-13-16-6-7-17(13)2/h4-8H,9H2,1-3H3. The van der Waals surface area contributed by atoms with E-state index in [1.807, 2.05) is 11.6 Å². The van der Waals surface area contributed by atoms with Crippen LogP contribution in [0.2, 0.25) is 0 Å². The highest BCUT2D eigenvalue weighted by Gasteiger charge is 2.17. The van der Waals surface area contributed by atoms with Crippen molar-refractivity contribution in [2.75, 3.05) is 7.05 Å². The molecular formula is C14H16FN3O. The highest BCUT2D eigenvalue weighted by molar-refractivity contribution is 5.94. The van der Waals surface area contributed by atoms with Crippen LogP contribution >= 0.6 is 0 Å². The van der Waals surface area contributed by atoms with Crippen molar-refractivity contribution >= 4 is 5.91 Å². The molecule has 0 aliphatic carbocycles. The van der Waals surface area contributed by atoms with Crippen LogP contribution in [-0.2, 0) is 13.6 Å². The number of benzene rings is 1. The molecule has 0 unspecified atom stereocenters. The number of hydrogen-bond acceptors (Lipinski definition) is 2. The molecule has 0 spiro atoms. The molecule has 5 heteroatoms. The van der Waals surface area contributed by atoms with Crippen LogP contribution in [0.1, 0.15) is 21.7 Å². The van der Waals surface area contributed by atoms with E-state index in [9.17, 15) is 9.18 Å². The lowest BCUT2D eigenvalue weighted by Gasteiger charge is -2.17. The molecular weight excluding hydrogens is 245 g/mol. The molecule has 0 bridgehead atoms. The number of imidazole rings is 1. The maximum Gasteiger partial charge on any atom is 0.256 e. The zero-order chi connectivity index (χ0) is 14.0. The van der Waals surface area contributed by atoms with E-state index in [0.29, 0.717) is 6.54 Å². The summed E-state index contributed by atoms with van der Waals surface area (Å²) in [5.74, 6) is -0.0828. The Kier molecular flexibility index (Phi) is 3.64. The Hall–Kier alpha value is -2.17. The average molecular weight is 261 g/mol. The van der Waals surface area contributed by atoms with Crippen molar-refractivity contribution < 1.29 is 9.18 Å². The van der Waals surface area contributed by atoms with Gasteiger partial charge < -0.3 is 9.47 Å². The van der Waals surface area contributed by atoms with E-state index in [1.165, 1.54) is 17.0 Å². The van der Waals surface area contributed by atoms with Crippen molar-refractivity contribution in [1.29, 1.82) is 0 Å². The molecule has 0 radical (unpaired) electrons. The van der Waals surface area contributed by atoms with Gasteiger partial charge in [0.05, 0.1) is 12.1 Å². The molecule has 2 aromatic rings. The maximum absolute atomic E-state index is 13.8. The fourth-order valence-electron chi connectivity index (χ4n) is 1.83. The van der Waals surface area contributed by atoms with Gasteiger partial charge in [-0.15, -0.1) is 0 Å². The first-order valence-corrected chi connectivity index (χ1v) is 5.97. The zero-order valence-electron chi connectivity index (χ0n) is 11.2. The van der Waals surface area contributed by atoms with Crippen molar-refractivity contribution in [3.05, 3.63) is 53.4 Å². The molecule has 0 atom stereocenters. The summed E-state index contributed by atoms with van der Waals surface area (Å²) in [5, 5.41) is 0. The van der Waals surface area contributed by atoms with E-state index in [0.717, 1.165) is 11.4 Å². The third-order valence-corrected chi connectivity index (χ3v) is 3.00. The molecule has 1 aromatic carbocycles. The van der Waals surface area contributed by atoms with E-state index in [2.05, 4.69) is 4.98 Å². The van der Waals surface area contributed by atoms with Gasteiger partial charge in [-0.05, 0) is 24.6 Å². The van der Waals surface area contributed by atoms with Crippen LogP contribution in [0, 0.1) is 12.7 Å². The second kappa shape index (κ2) is 5.22. The van der Waals surface area contributed by atoms with Crippen LogP contribution in [-0.4, -0.2) is 27.4 Å². The first kappa shape index (κ1) is 13.3. The molecule has 1 aromatic heterocycles. The maximum atomic E-state index is 13.8. The highest BCUT2D eigenvalue weighted by atomic mass is 19.1. The van der Waals surface area contributed by atoms with Crippen molar-refractivity contribution in [2.45, 2.75) is 13.5 Å². The van der Waals surface area contributed by atoms with Crippen LogP contribution in [0.3, 0.4) is 0 Å². The number of nitrogens with zero attached hydrogens (tertiary/aromatic N) is 3. The summed E-state index contributed by atoms with van der Waals surface area (Å²) in [7, 11) is 3.49. The zero-order valence-corrected chi connectivity index (χ0v) is 11.2. The van der Waals surface area contributed by atoms with Crippen molar-refractivity contribution in [1.82, 2.24) is 14.5 Å². The lowest BCUT2D eigenvalue weighted by molar-refractivity contribution is 0.0776. The second-order valence-electron chi connectivity index (χ2n) is 4.60. The monoisotopic (exact) mass is 261 g/mol. The number of rotatable bonds is 3. The van der Waals surface area contributed by atoms with Gasteiger partial charge in [-0.25, -0.2) is 9.37 Å². The predicted octanol–water partition coefficient (Wildman–Crippen LogP) is 2.14. The smallest absolute Gasteiger partial charge is 0.256 e. The van der Waals surface area contributed by atoms with Crippen molar-refractivity contribution in [2.24, 2.45) is 7.05 Å². The number of aromatic nitrogens is 2. The van der Waals surface area contributed by atoms with Gasteiger partial charge in [-0.2, -0.15) is 0 Å². The highest BCUT2D eigenvalue weighted by Crippen LogP contribution is 2.13. The largest absolute Gasteiger partial charge is 0.337 e. The van der Waals surface area contributed by atoms with Gasteiger partial charge in [-0.1, -0.05) is 6.07 Å². The molecule has 1 amide bonds. The lowest BCUT2D eigenvalue weighted by atomic mass is 10.1. The summed E-state index contributed by atoms with van der Waals surface area (Å²) in [4.78, 5) is 17.8. The number of halogens is 1. The molecule has 0 saturated carbocycles. The minimum Gasteiger partial charge on any atom is -0.337 e. The number of amides is 1. The van der Waals surface area contributed by atoms with Gasteiger partial charge in [0.2, 0.25) is 0 Å². The number of aryl methyl sites for hydroxylation is 2. The summed E-state index contributed by atoms with van der Waals surface area (Å²) in [6.07, 6.45) is 3.47. The van der Waals surface area contributed by atoms with Crippen LogP contribution in [0.15, 0.2) is 30.6 Å². The van der Waals surface area contributed by atoms with Gasteiger partial charge in [0.25, 0.3) is 5.91 Å². The average Bonchev–Trinajstić information content (AvgIpc) is 2.74. The molecule has 19 heavy (non-hydrogen) atoms. The Labute approximate surface area is 111 Å². The Balaban J connectivity index is 2.17. The first-order valence-electron chi connectivity index (χ1n) is 5.97. The van der Waals surface area contributed by atoms with Crippen LogP contribution < -0.4 is 0 Å².